The number of thioether (sulfide) groups is 1. The molecule has 1 heterocycles. The second-order valence-electron chi connectivity index (χ2n) is 7.52. The number of carbonyl (C=O) groups is 2. The Morgan fingerprint density at radius 3 is 2.50 bits per heavy atom. The lowest BCUT2D eigenvalue weighted by atomic mass is 10.1. The number of hydrogen-bond acceptors (Lipinski definition) is 8. The molecule has 3 rings (SSSR count). The number of hydrogen-bond donors (Lipinski definition) is 0. The highest BCUT2D eigenvalue weighted by molar-refractivity contribution is 7.98. The minimum absolute atomic E-state index is 0.0110. The number of sulfone groups is 1. The number of nitro benzene ring substituents is 1. The van der Waals surface area contributed by atoms with Crippen LogP contribution < -0.4 is 0 Å². The van der Waals surface area contributed by atoms with E-state index in [9.17, 15) is 28.1 Å². The van der Waals surface area contributed by atoms with Crippen molar-refractivity contribution < 1.29 is 27.7 Å². The Morgan fingerprint density at radius 1 is 1.23 bits per heavy atom. The molecule has 30 heavy (non-hydrogen) atoms. The van der Waals surface area contributed by atoms with E-state index in [0.29, 0.717) is 11.3 Å². The zero-order valence-electron chi connectivity index (χ0n) is 16.6. The fourth-order valence-electron chi connectivity index (χ4n) is 4.13. The predicted molar refractivity (Wildman–Crippen MR) is 111 cm³/mol. The summed E-state index contributed by atoms with van der Waals surface area (Å²) in [5.74, 6) is -1.26. The van der Waals surface area contributed by atoms with Crippen LogP contribution in [0.1, 0.15) is 42.5 Å². The standard InChI is InChI=1S/C19H24N2O7S2/c1-29-17-7-6-13(10-16(17)21(24)25)19(23)28-11-18(22)20(14-4-2-3-5-14)15-8-9-30(26,27)12-15/h6-7,10,14-15H,2-5,8-9,11-12H2,1H3. The highest BCUT2D eigenvalue weighted by atomic mass is 32.2. The predicted octanol–water partition coefficient (Wildman–Crippen LogP) is 2.43. The number of nitro groups is 1. The van der Waals surface area contributed by atoms with Crippen molar-refractivity contribution in [1.29, 1.82) is 0 Å². The molecular weight excluding hydrogens is 432 g/mol. The SMILES string of the molecule is CSc1ccc(C(=O)OCC(=O)N(C2CCCC2)C2CCS(=O)(=O)C2)cc1[N+](=O)[O-]. The molecule has 164 valence electrons. The van der Waals surface area contributed by atoms with E-state index < -0.39 is 39.3 Å². The second kappa shape index (κ2) is 9.34. The summed E-state index contributed by atoms with van der Waals surface area (Å²) in [4.78, 5) is 37.9. The molecule has 0 bridgehead atoms. The largest absolute Gasteiger partial charge is 0.452 e. The number of nitrogens with zero attached hydrogens (tertiary/aromatic N) is 2. The van der Waals surface area contributed by atoms with Crippen LogP contribution in [-0.2, 0) is 19.4 Å². The third kappa shape index (κ3) is 5.12. The van der Waals surface area contributed by atoms with E-state index in [2.05, 4.69) is 0 Å². The molecule has 1 unspecified atom stereocenters. The van der Waals surface area contributed by atoms with Crippen molar-refractivity contribution in [3.63, 3.8) is 0 Å². The van der Waals surface area contributed by atoms with Crippen LogP contribution in [0.3, 0.4) is 0 Å². The Bertz CT molecular complexity index is 942. The van der Waals surface area contributed by atoms with E-state index in [0.717, 1.165) is 31.7 Å². The normalized spacial score (nSPS) is 20.8. The number of benzene rings is 1. The van der Waals surface area contributed by atoms with E-state index in [1.165, 1.54) is 23.9 Å². The molecule has 11 heteroatoms. The molecule has 0 radical (unpaired) electrons. The van der Waals surface area contributed by atoms with Crippen molar-refractivity contribution in [1.82, 2.24) is 4.90 Å². The van der Waals surface area contributed by atoms with Crippen LogP contribution >= 0.6 is 11.8 Å². The summed E-state index contributed by atoms with van der Waals surface area (Å²) >= 11 is 1.19. The van der Waals surface area contributed by atoms with Gasteiger partial charge in [-0.1, -0.05) is 12.8 Å². The van der Waals surface area contributed by atoms with Gasteiger partial charge in [0.2, 0.25) is 0 Å². The minimum atomic E-state index is -3.16. The van der Waals surface area contributed by atoms with Crippen LogP contribution in [0.4, 0.5) is 5.69 Å². The van der Waals surface area contributed by atoms with Gasteiger partial charge in [0.05, 0.1) is 26.9 Å². The highest BCUT2D eigenvalue weighted by Gasteiger charge is 2.39. The highest BCUT2D eigenvalue weighted by Crippen LogP contribution is 2.30. The molecule has 2 aliphatic rings. The third-order valence-corrected chi connectivity index (χ3v) is 8.08. The van der Waals surface area contributed by atoms with Crippen molar-refractivity contribution >= 4 is 39.2 Å². The smallest absolute Gasteiger partial charge is 0.338 e. The van der Waals surface area contributed by atoms with Gasteiger partial charge in [0, 0.05) is 18.2 Å². The summed E-state index contributed by atoms with van der Waals surface area (Å²) in [6.07, 6.45) is 5.64. The Morgan fingerprint density at radius 2 is 1.93 bits per heavy atom. The van der Waals surface area contributed by atoms with Crippen molar-refractivity contribution in [2.24, 2.45) is 0 Å². The number of carbonyl (C=O) groups excluding carboxylic acids is 2. The molecule has 1 amide bonds. The lowest BCUT2D eigenvalue weighted by Gasteiger charge is -2.33. The molecule has 0 spiro atoms. The monoisotopic (exact) mass is 456 g/mol. The topological polar surface area (TPSA) is 124 Å². The van der Waals surface area contributed by atoms with Gasteiger partial charge in [-0.3, -0.25) is 14.9 Å². The van der Waals surface area contributed by atoms with Crippen LogP contribution in [0.5, 0.6) is 0 Å². The minimum Gasteiger partial charge on any atom is -0.452 e. The molecule has 0 N–H and O–H groups in total. The molecule has 2 fully saturated rings. The van der Waals surface area contributed by atoms with Crippen molar-refractivity contribution in [3.8, 4) is 0 Å². The summed E-state index contributed by atoms with van der Waals surface area (Å²) in [6, 6.07) is 3.58. The van der Waals surface area contributed by atoms with Gasteiger partial charge >= 0.3 is 5.97 Å². The maximum absolute atomic E-state index is 12.9. The van der Waals surface area contributed by atoms with Gasteiger partial charge < -0.3 is 9.64 Å². The molecule has 1 aliphatic carbocycles. The quantitative estimate of drug-likeness (QED) is 0.265. The molecule has 1 atom stereocenters. The molecule has 1 aromatic carbocycles. The van der Waals surface area contributed by atoms with E-state index in [1.807, 2.05) is 0 Å². The first-order valence-electron chi connectivity index (χ1n) is 9.73. The van der Waals surface area contributed by atoms with Crippen LogP contribution in [-0.4, -0.2) is 66.6 Å². The van der Waals surface area contributed by atoms with Gasteiger partial charge in [-0.2, -0.15) is 0 Å². The number of rotatable bonds is 7. The van der Waals surface area contributed by atoms with Gasteiger partial charge in [-0.25, -0.2) is 13.2 Å². The number of esters is 1. The first-order valence-corrected chi connectivity index (χ1v) is 12.8. The molecule has 9 nitrogen and oxygen atoms in total. The molecule has 1 aliphatic heterocycles. The van der Waals surface area contributed by atoms with E-state index in [1.54, 1.807) is 11.2 Å². The van der Waals surface area contributed by atoms with Crippen molar-refractivity contribution in [3.05, 3.63) is 33.9 Å². The fourth-order valence-corrected chi connectivity index (χ4v) is 6.39. The Balaban J connectivity index is 1.70. The van der Waals surface area contributed by atoms with Crippen LogP contribution in [0.25, 0.3) is 0 Å². The van der Waals surface area contributed by atoms with Gasteiger partial charge in [0.1, 0.15) is 0 Å². The van der Waals surface area contributed by atoms with Gasteiger partial charge in [-0.15, -0.1) is 11.8 Å². The lowest BCUT2D eigenvalue weighted by Crippen LogP contribution is -2.48. The number of amides is 1. The zero-order chi connectivity index (χ0) is 21.9. The van der Waals surface area contributed by atoms with Crippen molar-refractivity contribution in [2.75, 3.05) is 24.4 Å². The fraction of sp³-hybridized carbons (Fsp3) is 0.579. The second-order valence-corrected chi connectivity index (χ2v) is 10.6. The third-order valence-electron chi connectivity index (χ3n) is 5.55. The first-order chi connectivity index (χ1) is 14.2. The van der Waals surface area contributed by atoms with Crippen LogP contribution in [0.15, 0.2) is 23.1 Å². The molecule has 1 aromatic rings. The molecular formula is C19H24N2O7S2. The maximum Gasteiger partial charge on any atom is 0.338 e. The van der Waals surface area contributed by atoms with Gasteiger partial charge in [-0.05, 0) is 37.7 Å². The van der Waals surface area contributed by atoms with Gasteiger partial charge in [0.25, 0.3) is 11.6 Å². The van der Waals surface area contributed by atoms with E-state index in [4.69, 9.17) is 4.74 Å². The zero-order valence-corrected chi connectivity index (χ0v) is 18.2. The first kappa shape index (κ1) is 22.5. The van der Waals surface area contributed by atoms with Crippen LogP contribution in [0.2, 0.25) is 0 Å². The van der Waals surface area contributed by atoms with E-state index in [-0.39, 0.29) is 28.8 Å². The Labute approximate surface area is 179 Å². The van der Waals surface area contributed by atoms with E-state index >= 15 is 0 Å². The average Bonchev–Trinajstić information content (AvgIpc) is 3.35. The Hall–Kier alpha value is -2.14. The lowest BCUT2D eigenvalue weighted by molar-refractivity contribution is -0.387. The summed E-state index contributed by atoms with van der Waals surface area (Å²) in [5.41, 5.74) is -0.213. The maximum atomic E-state index is 12.9. The number of ether oxygens (including phenoxy) is 1. The van der Waals surface area contributed by atoms with Crippen LogP contribution in [0, 0.1) is 10.1 Å². The average molecular weight is 457 g/mol. The summed E-state index contributed by atoms with van der Waals surface area (Å²) < 4.78 is 28.9. The Kier molecular flexibility index (Phi) is 7.02. The summed E-state index contributed by atoms with van der Waals surface area (Å²) in [5, 5.41) is 11.2. The summed E-state index contributed by atoms with van der Waals surface area (Å²) in [6.45, 7) is -0.524. The molecule has 1 saturated carbocycles. The van der Waals surface area contributed by atoms with Gasteiger partial charge in [0.15, 0.2) is 16.4 Å². The molecule has 0 aromatic heterocycles. The van der Waals surface area contributed by atoms with Crippen molar-refractivity contribution in [2.45, 2.75) is 49.1 Å². The summed E-state index contributed by atoms with van der Waals surface area (Å²) in [7, 11) is -3.16. The molecule has 1 saturated heterocycles.